The molecule has 0 bridgehead atoms. The summed E-state index contributed by atoms with van der Waals surface area (Å²) in [5.41, 5.74) is 1.59. The van der Waals surface area contributed by atoms with E-state index in [-0.39, 0.29) is 5.56 Å². The lowest BCUT2D eigenvalue weighted by Crippen LogP contribution is -1.98. The minimum Gasteiger partial charge on any atom is -0.478 e. The predicted molar refractivity (Wildman–Crippen MR) is 62.1 cm³/mol. The monoisotopic (exact) mass is 278 g/mol. The van der Waals surface area contributed by atoms with Crippen molar-refractivity contribution in [3.05, 3.63) is 46.8 Å². The number of rotatable bonds is 2. The largest absolute Gasteiger partial charge is 0.478 e. The quantitative estimate of drug-likeness (QED) is 0.917. The van der Waals surface area contributed by atoms with Crippen LogP contribution in [-0.4, -0.2) is 21.0 Å². The Kier molecular flexibility index (Phi) is 2.96. The van der Waals surface area contributed by atoms with Crippen molar-refractivity contribution in [2.75, 3.05) is 0 Å². The van der Waals surface area contributed by atoms with Crippen LogP contribution in [0.2, 0.25) is 0 Å². The Balaban J connectivity index is 2.52. The molecule has 0 saturated heterocycles. The molecule has 0 saturated carbocycles. The molecule has 0 atom stereocenters. The van der Waals surface area contributed by atoms with Crippen LogP contribution in [0, 0.1) is 0 Å². The number of hydrogen-bond acceptors (Lipinski definition) is 3. The van der Waals surface area contributed by atoms with Gasteiger partial charge in [-0.25, -0.2) is 4.79 Å². The van der Waals surface area contributed by atoms with Gasteiger partial charge in [0.15, 0.2) is 0 Å². The molecule has 0 aliphatic heterocycles. The minimum absolute atomic E-state index is 0.211. The normalized spacial score (nSPS) is 10.1. The Labute approximate surface area is 100 Å². The second kappa shape index (κ2) is 4.40. The molecule has 0 fully saturated rings. The van der Waals surface area contributed by atoms with Crippen molar-refractivity contribution in [1.82, 2.24) is 9.97 Å². The van der Waals surface area contributed by atoms with E-state index in [0.29, 0.717) is 10.2 Å². The first kappa shape index (κ1) is 10.8. The molecule has 2 rings (SSSR count). The Morgan fingerprint density at radius 3 is 2.75 bits per heavy atom. The maximum atomic E-state index is 10.9. The highest BCUT2D eigenvalue weighted by molar-refractivity contribution is 9.10. The van der Waals surface area contributed by atoms with E-state index in [1.165, 1.54) is 0 Å². The molecule has 80 valence electrons. The number of carboxylic acid groups (broad SMARTS) is 1. The number of carboxylic acids is 1. The maximum Gasteiger partial charge on any atom is 0.336 e. The molecule has 1 aromatic carbocycles. The van der Waals surface area contributed by atoms with Crippen LogP contribution >= 0.6 is 15.9 Å². The molecular weight excluding hydrogens is 272 g/mol. The Hall–Kier alpha value is -1.75. The van der Waals surface area contributed by atoms with E-state index in [1.807, 2.05) is 0 Å². The lowest BCUT2D eigenvalue weighted by atomic mass is 10.1. The van der Waals surface area contributed by atoms with Crippen LogP contribution < -0.4 is 0 Å². The fraction of sp³-hybridized carbons (Fsp3) is 0. The lowest BCUT2D eigenvalue weighted by molar-refractivity contribution is 0.0696. The topological polar surface area (TPSA) is 63.1 Å². The van der Waals surface area contributed by atoms with Crippen LogP contribution in [0.5, 0.6) is 0 Å². The molecule has 0 unspecified atom stereocenters. The highest BCUT2D eigenvalue weighted by Crippen LogP contribution is 2.23. The third kappa shape index (κ3) is 2.09. The van der Waals surface area contributed by atoms with Crippen molar-refractivity contribution in [3.8, 4) is 11.3 Å². The van der Waals surface area contributed by atoms with Crippen LogP contribution in [-0.2, 0) is 0 Å². The zero-order valence-corrected chi connectivity index (χ0v) is 9.68. The molecule has 2 aromatic rings. The van der Waals surface area contributed by atoms with Crippen LogP contribution in [0.1, 0.15) is 10.4 Å². The summed E-state index contributed by atoms with van der Waals surface area (Å²) < 4.78 is 0.549. The maximum absolute atomic E-state index is 10.9. The summed E-state index contributed by atoms with van der Waals surface area (Å²) in [6.07, 6.45) is 4.73. The van der Waals surface area contributed by atoms with Crippen molar-refractivity contribution >= 4 is 21.9 Å². The van der Waals surface area contributed by atoms with Crippen LogP contribution in [0.3, 0.4) is 0 Å². The van der Waals surface area contributed by atoms with Gasteiger partial charge >= 0.3 is 5.97 Å². The summed E-state index contributed by atoms with van der Waals surface area (Å²) in [6, 6.07) is 5.05. The smallest absolute Gasteiger partial charge is 0.336 e. The van der Waals surface area contributed by atoms with Crippen LogP contribution in [0.25, 0.3) is 11.3 Å². The number of aromatic carboxylic acids is 1. The molecule has 0 spiro atoms. The van der Waals surface area contributed by atoms with E-state index < -0.39 is 5.97 Å². The predicted octanol–water partition coefficient (Wildman–Crippen LogP) is 2.60. The Morgan fingerprint density at radius 1 is 1.31 bits per heavy atom. The van der Waals surface area contributed by atoms with Crippen molar-refractivity contribution in [1.29, 1.82) is 0 Å². The van der Waals surface area contributed by atoms with Crippen LogP contribution in [0.4, 0.5) is 0 Å². The van der Waals surface area contributed by atoms with Gasteiger partial charge in [0.2, 0.25) is 0 Å². The summed E-state index contributed by atoms with van der Waals surface area (Å²) in [4.78, 5) is 19.0. The molecule has 0 radical (unpaired) electrons. The van der Waals surface area contributed by atoms with Crippen molar-refractivity contribution in [3.63, 3.8) is 0 Å². The summed E-state index contributed by atoms with van der Waals surface area (Å²) in [6.45, 7) is 0. The van der Waals surface area contributed by atoms with Gasteiger partial charge in [-0.05, 0) is 28.1 Å². The minimum atomic E-state index is -0.974. The zero-order valence-electron chi connectivity index (χ0n) is 8.09. The number of benzene rings is 1. The fourth-order valence-corrected chi connectivity index (χ4v) is 1.71. The van der Waals surface area contributed by atoms with Crippen molar-refractivity contribution in [2.45, 2.75) is 0 Å². The molecule has 0 amide bonds. The first-order chi connectivity index (χ1) is 7.68. The van der Waals surface area contributed by atoms with Gasteiger partial charge in [-0.1, -0.05) is 6.07 Å². The van der Waals surface area contributed by atoms with Crippen molar-refractivity contribution < 1.29 is 9.90 Å². The van der Waals surface area contributed by atoms with E-state index in [4.69, 9.17) is 5.11 Å². The third-order valence-electron chi connectivity index (χ3n) is 2.06. The number of nitrogens with zero attached hydrogens (tertiary/aromatic N) is 2. The van der Waals surface area contributed by atoms with E-state index in [0.717, 1.165) is 5.56 Å². The number of aromatic nitrogens is 2. The van der Waals surface area contributed by atoms with Gasteiger partial charge in [-0.15, -0.1) is 0 Å². The Morgan fingerprint density at radius 2 is 2.12 bits per heavy atom. The highest BCUT2D eigenvalue weighted by Gasteiger charge is 2.10. The second-order valence-electron chi connectivity index (χ2n) is 3.09. The Bertz CT molecular complexity index is 529. The molecule has 0 aliphatic carbocycles. The van der Waals surface area contributed by atoms with Gasteiger partial charge in [0, 0.05) is 22.4 Å². The number of hydrogen-bond donors (Lipinski definition) is 1. The lowest BCUT2D eigenvalue weighted by Gasteiger charge is -2.03. The van der Waals surface area contributed by atoms with Gasteiger partial charge < -0.3 is 5.11 Å². The molecule has 16 heavy (non-hydrogen) atoms. The van der Waals surface area contributed by atoms with Gasteiger partial charge in [0.25, 0.3) is 0 Å². The molecular formula is C11H7BrN2O2. The average molecular weight is 279 g/mol. The average Bonchev–Trinajstić information content (AvgIpc) is 2.30. The first-order valence-electron chi connectivity index (χ1n) is 4.47. The molecule has 1 N–H and O–H groups in total. The molecule has 4 nitrogen and oxygen atoms in total. The SMILES string of the molecule is O=C(O)c1cc(-c2cnccn2)ccc1Br. The molecule has 1 aromatic heterocycles. The molecule has 0 aliphatic rings. The van der Waals surface area contributed by atoms with E-state index in [9.17, 15) is 4.79 Å². The second-order valence-corrected chi connectivity index (χ2v) is 3.94. The summed E-state index contributed by atoms with van der Waals surface area (Å²) >= 11 is 3.19. The van der Waals surface area contributed by atoms with Gasteiger partial charge in [-0.3, -0.25) is 9.97 Å². The van der Waals surface area contributed by atoms with E-state index in [2.05, 4.69) is 25.9 Å². The number of carbonyl (C=O) groups is 1. The van der Waals surface area contributed by atoms with Gasteiger partial charge in [0.05, 0.1) is 17.5 Å². The first-order valence-corrected chi connectivity index (χ1v) is 5.27. The fourth-order valence-electron chi connectivity index (χ4n) is 1.30. The standard InChI is InChI=1S/C11H7BrN2O2/c12-9-2-1-7(5-8(9)11(15)16)10-6-13-3-4-14-10/h1-6H,(H,15,16). The summed E-state index contributed by atoms with van der Waals surface area (Å²) in [7, 11) is 0. The molecule has 1 heterocycles. The van der Waals surface area contributed by atoms with Crippen LogP contribution in [0.15, 0.2) is 41.3 Å². The zero-order chi connectivity index (χ0) is 11.5. The number of halogens is 1. The van der Waals surface area contributed by atoms with Gasteiger partial charge in [0.1, 0.15) is 0 Å². The van der Waals surface area contributed by atoms with Crippen molar-refractivity contribution in [2.24, 2.45) is 0 Å². The van der Waals surface area contributed by atoms with Gasteiger partial charge in [-0.2, -0.15) is 0 Å². The highest BCUT2D eigenvalue weighted by atomic mass is 79.9. The van der Waals surface area contributed by atoms with E-state index >= 15 is 0 Å². The molecule has 5 heteroatoms. The van der Waals surface area contributed by atoms with E-state index in [1.54, 1.807) is 36.8 Å². The summed E-state index contributed by atoms with van der Waals surface area (Å²) in [5, 5.41) is 8.97. The third-order valence-corrected chi connectivity index (χ3v) is 2.75. The summed E-state index contributed by atoms with van der Waals surface area (Å²) in [5.74, 6) is -0.974.